The van der Waals surface area contributed by atoms with Crippen molar-refractivity contribution in [3.63, 3.8) is 0 Å². The van der Waals surface area contributed by atoms with Crippen LogP contribution in [0.3, 0.4) is 0 Å². The summed E-state index contributed by atoms with van der Waals surface area (Å²) in [6, 6.07) is 3.95. The first-order valence-corrected chi connectivity index (χ1v) is 10.3. The predicted octanol–water partition coefficient (Wildman–Crippen LogP) is 2.07. The number of carbonyl (C=O) groups is 1. The highest BCUT2D eigenvalue weighted by Gasteiger charge is 2.36. The van der Waals surface area contributed by atoms with Crippen molar-refractivity contribution < 1.29 is 19.3 Å². The minimum atomic E-state index is -0.948. The van der Waals surface area contributed by atoms with Crippen LogP contribution < -0.4 is 10.4 Å². The van der Waals surface area contributed by atoms with E-state index in [1.807, 2.05) is 53.7 Å². The second-order valence-electron chi connectivity index (χ2n) is 9.85. The van der Waals surface area contributed by atoms with E-state index in [2.05, 4.69) is 9.88 Å². The number of aromatic nitrogens is 1. The van der Waals surface area contributed by atoms with Gasteiger partial charge in [-0.1, -0.05) is 0 Å². The van der Waals surface area contributed by atoms with Crippen LogP contribution in [0.5, 0.6) is 0 Å². The molecule has 0 bridgehead atoms. The molecular weight excluding hydrogens is 369 g/mol. The summed E-state index contributed by atoms with van der Waals surface area (Å²) < 4.78 is 11.5. The van der Waals surface area contributed by atoms with Crippen molar-refractivity contribution in [3.8, 4) is 0 Å². The molecule has 2 heterocycles. The molecule has 1 atom stereocenters. The van der Waals surface area contributed by atoms with Crippen molar-refractivity contribution in [2.24, 2.45) is 0 Å². The molecule has 0 aromatic carbocycles. The first-order chi connectivity index (χ1) is 13.2. The summed E-state index contributed by atoms with van der Waals surface area (Å²) in [7, 11) is 0.389. The van der Waals surface area contributed by atoms with Gasteiger partial charge in [-0.05, 0) is 73.0 Å². The number of pyridine rings is 1. The molecule has 0 radical (unpaired) electrons. The van der Waals surface area contributed by atoms with Crippen molar-refractivity contribution in [2.45, 2.75) is 78.2 Å². The van der Waals surface area contributed by atoms with Crippen LogP contribution in [0.25, 0.3) is 0 Å². The lowest BCUT2D eigenvalue weighted by Crippen LogP contribution is -2.55. The van der Waals surface area contributed by atoms with Crippen LogP contribution >= 0.6 is 0 Å². The quantitative estimate of drug-likeness (QED) is 0.756. The maximum Gasteiger partial charge on any atom is 0.410 e. The van der Waals surface area contributed by atoms with Gasteiger partial charge in [-0.25, -0.2) is 9.78 Å². The van der Waals surface area contributed by atoms with E-state index in [1.54, 1.807) is 24.9 Å². The normalized spacial score (nSPS) is 18.6. The van der Waals surface area contributed by atoms with Crippen molar-refractivity contribution in [3.05, 3.63) is 18.3 Å². The van der Waals surface area contributed by atoms with Gasteiger partial charge in [0.05, 0.1) is 11.2 Å². The third-order valence-electron chi connectivity index (χ3n) is 5.46. The minimum absolute atomic E-state index is 0.0226. The molecule has 0 saturated carbocycles. The molecule has 7 nitrogen and oxygen atoms in total. The number of ether oxygens (including phenoxy) is 1. The Kier molecular flexibility index (Phi) is 6.90. The third-order valence-corrected chi connectivity index (χ3v) is 5.46. The lowest BCUT2D eigenvalue weighted by molar-refractivity contribution is -0.0893. The van der Waals surface area contributed by atoms with Gasteiger partial charge in [0.15, 0.2) is 0 Å². The first-order valence-electron chi connectivity index (χ1n) is 10.3. The molecule has 0 unspecified atom stereocenters. The van der Waals surface area contributed by atoms with Gasteiger partial charge >= 0.3 is 13.6 Å². The Balaban J connectivity index is 2.01. The van der Waals surface area contributed by atoms with Gasteiger partial charge in [-0.15, -0.1) is 0 Å². The molecular formula is C21H36BN3O4. The Hall–Kier alpha value is -1.80. The van der Waals surface area contributed by atoms with Crippen LogP contribution in [0.15, 0.2) is 18.3 Å². The second-order valence-corrected chi connectivity index (χ2v) is 9.85. The molecule has 1 aliphatic heterocycles. The van der Waals surface area contributed by atoms with Crippen molar-refractivity contribution in [1.29, 1.82) is 0 Å². The molecule has 1 fully saturated rings. The molecule has 0 spiro atoms. The van der Waals surface area contributed by atoms with E-state index in [1.165, 1.54) is 0 Å². The number of nitrogens with zero attached hydrogens (tertiary/aromatic N) is 3. The van der Waals surface area contributed by atoms with E-state index in [4.69, 9.17) is 9.39 Å². The van der Waals surface area contributed by atoms with E-state index in [-0.39, 0.29) is 12.1 Å². The van der Waals surface area contributed by atoms with Crippen LogP contribution in [-0.4, -0.2) is 71.0 Å². The van der Waals surface area contributed by atoms with E-state index < -0.39 is 16.8 Å². The fraction of sp³-hybridized carbons (Fsp3) is 0.714. The number of hydrogen-bond acceptors (Lipinski definition) is 6. The van der Waals surface area contributed by atoms with Gasteiger partial charge in [-0.2, -0.15) is 0 Å². The van der Waals surface area contributed by atoms with Gasteiger partial charge < -0.3 is 24.3 Å². The molecule has 8 heteroatoms. The van der Waals surface area contributed by atoms with Gasteiger partial charge in [0.1, 0.15) is 11.4 Å². The van der Waals surface area contributed by atoms with E-state index in [0.29, 0.717) is 27.1 Å². The van der Waals surface area contributed by atoms with Crippen molar-refractivity contribution in [1.82, 2.24) is 9.88 Å². The number of anilines is 1. The van der Waals surface area contributed by atoms with E-state index in [0.717, 1.165) is 11.3 Å². The standard InChI is InChI=1S/C21H36BN3O4/c1-15-14-24(11-12-25(15)18(26)28-19(2,3)4)17-13-16(9-10-23-17)22-29-21(7,8)20(5,6)27/h9-10,13,15,22,27H,11-12,14H2,1-8H3/t15-/m0/s1. The SMILES string of the molecule is C[C@H]1CN(c2cc(BOC(C)(C)C(C)(C)O)ccn2)CCN1C(=O)OC(C)(C)C. The molecule has 1 aliphatic rings. The fourth-order valence-electron chi connectivity index (χ4n) is 2.92. The third kappa shape index (κ3) is 6.34. The lowest BCUT2D eigenvalue weighted by Gasteiger charge is -2.40. The first kappa shape index (κ1) is 23.5. The molecule has 1 saturated heterocycles. The Bertz CT molecular complexity index is 713. The summed E-state index contributed by atoms with van der Waals surface area (Å²) in [5.74, 6) is 0.864. The maximum absolute atomic E-state index is 12.4. The van der Waals surface area contributed by atoms with Gasteiger partial charge in [0.2, 0.25) is 0 Å². The molecule has 1 aromatic rings. The fourth-order valence-corrected chi connectivity index (χ4v) is 2.92. The number of piperazine rings is 1. The van der Waals surface area contributed by atoms with E-state index in [9.17, 15) is 9.90 Å². The number of rotatable bonds is 5. The Morgan fingerprint density at radius 1 is 1.21 bits per heavy atom. The zero-order valence-corrected chi connectivity index (χ0v) is 19.2. The summed E-state index contributed by atoms with van der Waals surface area (Å²) in [6.45, 7) is 16.9. The smallest absolute Gasteiger partial charge is 0.410 e. The Labute approximate surface area is 175 Å². The largest absolute Gasteiger partial charge is 0.444 e. The topological polar surface area (TPSA) is 75.1 Å². The van der Waals surface area contributed by atoms with Gasteiger partial charge in [0, 0.05) is 31.9 Å². The molecule has 0 aliphatic carbocycles. The maximum atomic E-state index is 12.4. The highest BCUT2D eigenvalue weighted by molar-refractivity contribution is 6.47. The average Bonchev–Trinajstić information content (AvgIpc) is 2.57. The molecule has 162 valence electrons. The Morgan fingerprint density at radius 3 is 2.41 bits per heavy atom. The number of hydrogen-bond donors (Lipinski definition) is 1. The second kappa shape index (κ2) is 8.52. The van der Waals surface area contributed by atoms with Crippen LogP contribution in [0.1, 0.15) is 55.4 Å². The number of aliphatic hydroxyl groups is 1. The molecule has 1 N–H and O–H groups in total. The van der Waals surface area contributed by atoms with Crippen LogP contribution in [0.2, 0.25) is 0 Å². The van der Waals surface area contributed by atoms with Gasteiger partial charge in [-0.3, -0.25) is 0 Å². The minimum Gasteiger partial charge on any atom is -0.444 e. The average molecular weight is 405 g/mol. The predicted molar refractivity (Wildman–Crippen MR) is 117 cm³/mol. The molecule has 1 amide bonds. The molecule has 29 heavy (non-hydrogen) atoms. The number of carbonyl (C=O) groups excluding carboxylic acids is 1. The zero-order valence-electron chi connectivity index (χ0n) is 19.2. The summed E-state index contributed by atoms with van der Waals surface area (Å²) in [5.41, 5.74) is -1.13. The monoisotopic (exact) mass is 405 g/mol. The molecule has 1 aromatic heterocycles. The van der Waals surface area contributed by atoms with E-state index >= 15 is 0 Å². The zero-order chi connectivity index (χ0) is 22.0. The highest BCUT2D eigenvalue weighted by atomic mass is 16.6. The lowest BCUT2D eigenvalue weighted by atomic mass is 9.83. The van der Waals surface area contributed by atoms with Crippen LogP contribution in [0.4, 0.5) is 10.6 Å². The summed E-state index contributed by atoms with van der Waals surface area (Å²) in [6.07, 6.45) is 1.50. The summed E-state index contributed by atoms with van der Waals surface area (Å²) >= 11 is 0. The summed E-state index contributed by atoms with van der Waals surface area (Å²) in [4.78, 5) is 20.9. The number of amides is 1. The van der Waals surface area contributed by atoms with Crippen molar-refractivity contribution >= 4 is 24.9 Å². The van der Waals surface area contributed by atoms with Crippen molar-refractivity contribution in [2.75, 3.05) is 24.5 Å². The van der Waals surface area contributed by atoms with Crippen LogP contribution in [-0.2, 0) is 9.39 Å². The van der Waals surface area contributed by atoms with Gasteiger partial charge in [0.25, 0.3) is 0 Å². The van der Waals surface area contributed by atoms with Crippen LogP contribution in [0, 0.1) is 0 Å². The molecule has 2 rings (SSSR count). The summed E-state index contributed by atoms with van der Waals surface area (Å²) in [5, 5.41) is 10.3. The highest BCUT2D eigenvalue weighted by Crippen LogP contribution is 2.24. The Morgan fingerprint density at radius 2 is 1.86 bits per heavy atom.